The standard InChI is InChI=1S/C22H34N8S.HI/c1-2-23-21(30-17-15-28(16-18-30)20-6-3-19-31-20)26-9-5-10-27-11-13-29(14-12-27)22-24-7-4-8-25-22;/h3-4,6-8,19H,2,5,9-18H2,1H3,(H,23,26);1H. The van der Waals surface area contributed by atoms with E-state index < -0.39 is 0 Å². The molecule has 0 aliphatic carbocycles. The second-order valence-corrected chi connectivity index (χ2v) is 8.82. The molecule has 0 amide bonds. The highest BCUT2D eigenvalue weighted by molar-refractivity contribution is 14.0. The summed E-state index contributed by atoms with van der Waals surface area (Å²) in [4.78, 5) is 23.4. The molecule has 2 aromatic heterocycles. The minimum atomic E-state index is 0. The molecular weight excluding hydrogens is 535 g/mol. The lowest BCUT2D eigenvalue weighted by Gasteiger charge is -2.37. The zero-order chi connectivity index (χ0) is 21.3. The summed E-state index contributed by atoms with van der Waals surface area (Å²) in [5.74, 6) is 1.92. The highest BCUT2D eigenvalue weighted by atomic mass is 127. The maximum absolute atomic E-state index is 4.93. The van der Waals surface area contributed by atoms with Gasteiger partial charge in [0, 0.05) is 84.4 Å². The molecule has 0 atom stereocenters. The molecule has 0 aromatic carbocycles. The first-order valence-electron chi connectivity index (χ1n) is 11.4. The number of rotatable bonds is 7. The predicted octanol–water partition coefficient (Wildman–Crippen LogP) is 2.46. The fourth-order valence-corrected chi connectivity index (χ4v) is 4.90. The SMILES string of the molecule is CCNC(=NCCCN1CCN(c2ncccn2)CC1)N1CCN(c2cccs2)CC1.I. The molecule has 176 valence electrons. The summed E-state index contributed by atoms with van der Waals surface area (Å²) in [6, 6.07) is 6.21. The number of hydrogen-bond donors (Lipinski definition) is 1. The molecule has 0 spiro atoms. The molecule has 1 N–H and O–H groups in total. The third-order valence-corrected chi connectivity index (χ3v) is 6.76. The highest BCUT2D eigenvalue weighted by Gasteiger charge is 2.21. The molecule has 2 saturated heterocycles. The molecule has 10 heteroatoms. The van der Waals surface area contributed by atoms with E-state index in [0.29, 0.717) is 0 Å². The van der Waals surface area contributed by atoms with E-state index in [2.05, 4.69) is 59.3 Å². The lowest BCUT2D eigenvalue weighted by Crippen LogP contribution is -2.52. The molecule has 0 bridgehead atoms. The Hall–Kier alpha value is -1.66. The Bertz CT molecular complexity index is 788. The fraction of sp³-hybridized carbons (Fsp3) is 0.591. The molecule has 2 fully saturated rings. The molecule has 4 rings (SSSR count). The summed E-state index contributed by atoms with van der Waals surface area (Å²) >= 11 is 1.83. The van der Waals surface area contributed by atoms with Gasteiger partial charge in [-0.1, -0.05) is 0 Å². The quantitative estimate of drug-likeness (QED) is 0.238. The number of halogens is 1. The minimum Gasteiger partial charge on any atom is -0.360 e. The van der Waals surface area contributed by atoms with E-state index in [-0.39, 0.29) is 24.0 Å². The summed E-state index contributed by atoms with van der Waals surface area (Å²) in [6.45, 7) is 13.3. The van der Waals surface area contributed by atoms with Gasteiger partial charge < -0.3 is 20.0 Å². The number of nitrogens with one attached hydrogen (secondary N) is 1. The molecular formula is C22H35IN8S. The summed E-state index contributed by atoms with van der Waals surface area (Å²) in [5.41, 5.74) is 0. The molecule has 8 nitrogen and oxygen atoms in total. The van der Waals surface area contributed by atoms with Crippen LogP contribution in [0.15, 0.2) is 41.0 Å². The molecule has 0 radical (unpaired) electrons. The van der Waals surface area contributed by atoms with Gasteiger partial charge >= 0.3 is 0 Å². The molecule has 2 aliphatic heterocycles. The van der Waals surface area contributed by atoms with Crippen LogP contribution >= 0.6 is 35.3 Å². The van der Waals surface area contributed by atoms with Crippen LogP contribution in [-0.4, -0.2) is 97.7 Å². The van der Waals surface area contributed by atoms with E-state index in [4.69, 9.17) is 4.99 Å². The van der Waals surface area contributed by atoms with E-state index in [9.17, 15) is 0 Å². The first-order valence-corrected chi connectivity index (χ1v) is 12.3. The third-order valence-electron chi connectivity index (χ3n) is 5.83. The maximum atomic E-state index is 4.93. The highest BCUT2D eigenvalue weighted by Crippen LogP contribution is 2.22. The van der Waals surface area contributed by atoms with Crippen LogP contribution in [0.4, 0.5) is 10.9 Å². The molecule has 2 aliphatic rings. The topological polar surface area (TPSA) is 63.1 Å². The van der Waals surface area contributed by atoms with Crippen molar-refractivity contribution in [3.8, 4) is 0 Å². The molecule has 2 aromatic rings. The van der Waals surface area contributed by atoms with Gasteiger partial charge in [0.2, 0.25) is 5.95 Å². The Labute approximate surface area is 212 Å². The van der Waals surface area contributed by atoms with Crippen LogP contribution in [0.3, 0.4) is 0 Å². The number of anilines is 2. The van der Waals surface area contributed by atoms with Crippen molar-refractivity contribution in [3.05, 3.63) is 36.0 Å². The van der Waals surface area contributed by atoms with Crippen LogP contribution < -0.4 is 15.1 Å². The van der Waals surface area contributed by atoms with Crippen LogP contribution in [0.25, 0.3) is 0 Å². The number of hydrogen-bond acceptors (Lipinski definition) is 7. The van der Waals surface area contributed by atoms with Crippen molar-refractivity contribution in [3.63, 3.8) is 0 Å². The third kappa shape index (κ3) is 6.92. The fourth-order valence-electron chi connectivity index (χ4n) is 4.12. The van der Waals surface area contributed by atoms with E-state index in [1.54, 1.807) is 0 Å². The largest absolute Gasteiger partial charge is 0.360 e. The van der Waals surface area contributed by atoms with Crippen LogP contribution in [0.5, 0.6) is 0 Å². The second kappa shape index (κ2) is 13.1. The van der Waals surface area contributed by atoms with Crippen LogP contribution in [0.2, 0.25) is 0 Å². The van der Waals surface area contributed by atoms with Gasteiger partial charge in [-0.15, -0.1) is 35.3 Å². The Morgan fingerprint density at radius 3 is 2.38 bits per heavy atom. The van der Waals surface area contributed by atoms with Gasteiger partial charge in [0.1, 0.15) is 0 Å². The lowest BCUT2D eigenvalue weighted by molar-refractivity contribution is 0.255. The van der Waals surface area contributed by atoms with E-state index in [0.717, 1.165) is 90.3 Å². The zero-order valence-corrected chi connectivity index (χ0v) is 22.0. The maximum Gasteiger partial charge on any atom is 0.225 e. The summed E-state index contributed by atoms with van der Waals surface area (Å²) in [6.07, 6.45) is 4.72. The van der Waals surface area contributed by atoms with Crippen molar-refractivity contribution in [2.45, 2.75) is 13.3 Å². The average molecular weight is 571 g/mol. The number of aromatic nitrogens is 2. The summed E-state index contributed by atoms with van der Waals surface area (Å²) < 4.78 is 0. The number of nitrogens with zero attached hydrogens (tertiary/aromatic N) is 7. The monoisotopic (exact) mass is 570 g/mol. The van der Waals surface area contributed by atoms with Gasteiger partial charge in [0.15, 0.2) is 5.96 Å². The summed E-state index contributed by atoms with van der Waals surface area (Å²) in [7, 11) is 0. The molecule has 0 unspecified atom stereocenters. The van der Waals surface area contributed by atoms with Gasteiger partial charge in [-0.2, -0.15) is 0 Å². The van der Waals surface area contributed by atoms with Crippen LogP contribution in [0, 0.1) is 0 Å². The van der Waals surface area contributed by atoms with Crippen molar-refractivity contribution >= 4 is 52.2 Å². The Morgan fingerprint density at radius 1 is 1.00 bits per heavy atom. The molecule has 4 heterocycles. The van der Waals surface area contributed by atoms with Gasteiger partial charge in [-0.25, -0.2) is 9.97 Å². The second-order valence-electron chi connectivity index (χ2n) is 7.89. The summed E-state index contributed by atoms with van der Waals surface area (Å²) in [5, 5.41) is 7.02. The normalized spacial score (nSPS) is 17.9. The van der Waals surface area contributed by atoms with Gasteiger partial charge in [-0.05, 0) is 36.9 Å². The first kappa shape index (κ1) is 25.0. The number of guanidine groups is 1. The first-order chi connectivity index (χ1) is 15.3. The number of thiophene rings is 1. The van der Waals surface area contributed by atoms with Crippen molar-refractivity contribution < 1.29 is 0 Å². The molecule has 0 saturated carbocycles. The van der Waals surface area contributed by atoms with Crippen molar-refractivity contribution in [1.82, 2.24) is 25.1 Å². The Morgan fingerprint density at radius 2 is 1.72 bits per heavy atom. The van der Waals surface area contributed by atoms with E-state index >= 15 is 0 Å². The van der Waals surface area contributed by atoms with Crippen molar-refractivity contribution in [2.24, 2.45) is 4.99 Å². The van der Waals surface area contributed by atoms with Crippen LogP contribution in [0.1, 0.15) is 13.3 Å². The Balaban J connectivity index is 0.00000289. The predicted molar refractivity (Wildman–Crippen MR) is 145 cm³/mol. The van der Waals surface area contributed by atoms with Crippen molar-refractivity contribution in [1.29, 1.82) is 0 Å². The number of piperazine rings is 2. The van der Waals surface area contributed by atoms with E-state index in [1.807, 2.05) is 29.8 Å². The van der Waals surface area contributed by atoms with E-state index in [1.165, 1.54) is 5.00 Å². The average Bonchev–Trinajstić information content (AvgIpc) is 3.37. The van der Waals surface area contributed by atoms with Gasteiger partial charge in [-0.3, -0.25) is 9.89 Å². The molecule has 32 heavy (non-hydrogen) atoms. The van der Waals surface area contributed by atoms with Gasteiger partial charge in [0.05, 0.1) is 5.00 Å². The smallest absolute Gasteiger partial charge is 0.225 e. The van der Waals surface area contributed by atoms with Crippen molar-refractivity contribution in [2.75, 3.05) is 81.8 Å². The van der Waals surface area contributed by atoms with Gasteiger partial charge in [0.25, 0.3) is 0 Å². The lowest BCUT2D eigenvalue weighted by atomic mass is 10.3. The minimum absolute atomic E-state index is 0. The van der Waals surface area contributed by atoms with Crippen LogP contribution in [-0.2, 0) is 0 Å². The number of aliphatic imine (C=N–C) groups is 1. The Kier molecular flexibility index (Phi) is 10.3. The zero-order valence-electron chi connectivity index (χ0n) is 18.9.